The van der Waals surface area contributed by atoms with Crippen LogP contribution < -0.4 is 5.73 Å². The summed E-state index contributed by atoms with van der Waals surface area (Å²) in [7, 11) is 0. The first-order valence-corrected chi connectivity index (χ1v) is 7.54. The number of hydrogen-bond acceptors (Lipinski definition) is 2. The van der Waals surface area contributed by atoms with E-state index in [0.29, 0.717) is 12.5 Å². The molecule has 2 heteroatoms. The molecule has 0 aromatic heterocycles. The van der Waals surface area contributed by atoms with Gasteiger partial charge in [0, 0.05) is 12.0 Å². The number of hydrogen-bond donors (Lipinski definition) is 2. The molecule has 2 aliphatic carbocycles. The average molecular weight is 239 g/mol. The minimum Gasteiger partial charge on any atom is -0.389 e. The van der Waals surface area contributed by atoms with Crippen molar-refractivity contribution in [2.75, 3.05) is 6.54 Å². The van der Waals surface area contributed by atoms with Gasteiger partial charge in [0.25, 0.3) is 0 Å². The molecule has 2 nitrogen and oxygen atoms in total. The fraction of sp³-hybridized carbons (Fsp3) is 1.00. The van der Waals surface area contributed by atoms with Crippen LogP contribution in [0.2, 0.25) is 0 Å². The van der Waals surface area contributed by atoms with E-state index in [1.54, 1.807) is 0 Å². The van der Waals surface area contributed by atoms with E-state index in [9.17, 15) is 5.11 Å². The van der Waals surface area contributed by atoms with Gasteiger partial charge in [-0.3, -0.25) is 0 Å². The van der Waals surface area contributed by atoms with Crippen LogP contribution in [0.4, 0.5) is 0 Å². The van der Waals surface area contributed by atoms with Gasteiger partial charge in [0.15, 0.2) is 0 Å². The van der Waals surface area contributed by atoms with Crippen LogP contribution in [0.3, 0.4) is 0 Å². The molecule has 2 fully saturated rings. The Hall–Kier alpha value is -0.0800. The Morgan fingerprint density at radius 3 is 2.47 bits per heavy atom. The smallest absolute Gasteiger partial charge is 0.0743 e. The lowest BCUT2D eigenvalue weighted by molar-refractivity contribution is -0.109. The van der Waals surface area contributed by atoms with E-state index >= 15 is 0 Å². The largest absolute Gasteiger partial charge is 0.389 e. The second-order valence-corrected chi connectivity index (χ2v) is 6.42. The molecule has 0 bridgehead atoms. The summed E-state index contributed by atoms with van der Waals surface area (Å²) in [5.41, 5.74) is 5.68. The zero-order valence-corrected chi connectivity index (χ0v) is 11.5. The van der Waals surface area contributed by atoms with Gasteiger partial charge >= 0.3 is 0 Å². The molecule has 3 N–H and O–H groups in total. The Labute approximate surface area is 106 Å². The van der Waals surface area contributed by atoms with Gasteiger partial charge in [-0.25, -0.2) is 0 Å². The predicted octanol–water partition coefficient (Wildman–Crippen LogP) is 3.08. The Kier molecular flexibility index (Phi) is 3.84. The Bertz CT molecular complexity index is 268. The highest BCUT2D eigenvalue weighted by Crippen LogP contribution is 2.57. The van der Waals surface area contributed by atoms with E-state index < -0.39 is 5.60 Å². The zero-order valence-electron chi connectivity index (χ0n) is 11.5. The van der Waals surface area contributed by atoms with Crippen molar-refractivity contribution in [1.29, 1.82) is 0 Å². The highest BCUT2D eigenvalue weighted by atomic mass is 16.3. The summed E-state index contributed by atoms with van der Waals surface area (Å²) in [6.07, 6.45) is 9.30. The molecule has 2 rings (SSSR count). The quantitative estimate of drug-likeness (QED) is 0.792. The van der Waals surface area contributed by atoms with Crippen molar-refractivity contribution in [1.82, 2.24) is 0 Å². The van der Waals surface area contributed by atoms with Gasteiger partial charge in [0.1, 0.15) is 0 Å². The summed E-state index contributed by atoms with van der Waals surface area (Å²) in [6.45, 7) is 5.17. The van der Waals surface area contributed by atoms with Gasteiger partial charge in [0.2, 0.25) is 0 Å². The first-order valence-electron chi connectivity index (χ1n) is 7.54. The van der Waals surface area contributed by atoms with Crippen LogP contribution in [0.25, 0.3) is 0 Å². The molecule has 4 unspecified atom stereocenters. The molecule has 0 aliphatic heterocycles. The van der Waals surface area contributed by atoms with Gasteiger partial charge in [-0.1, -0.05) is 33.1 Å². The van der Waals surface area contributed by atoms with Crippen LogP contribution in [0.5, 0.6) is 0 Å². The Morgan fingerprint density at radius 2 is 1.94 bits per heavy atom. The lowest BCUT2D eigenvalue weighted by Crippen LogP contribution is -2.53. The van der Waals surface area contributed by atoms with E-state index in [-0.39, 0.29) is 5.41 Å². The van der Waals surface area contributed by atoms with Crippen molar-refractivity contribution in [3.63, 3.8) is 0 Å². The molecule has 0 spiro atoms. The summed E-state index contributed by atoms with van der Waals surface area (Å²) in [4.78, 5) is 0. The summed E-state index contributed by atoms with van der Waals surface area (Å²) in [5, 5.41) is 11.2. The van der Waals surface area contributed by atoms with Gasteiger partial charge in [-0.05, 0) is 43.9 Å². The summed E-state index contributed by atoms with van der Waals surface area (Å²) in [6, 6.07) is 0. The lowest BCUT2D eigenvalue weighted by Gasteiger charge is -2.46. The van der Waals surface area contributed by atoms with Crippen molar-refractivity contribution in [2.24, 2.45) is 23.0 Å². The molecule has 2 aliphatic rings. The van der Waals surface area contributed by atoms with Crippen molar-refractivity contribution in [3.05, 3.63) is 0 Å². The van der Waals surface area contributed by atoms with Gasteiger partial charge in [-0.15, -0.1) is 0 Å². The summed E-state index contributed by atoms with van der Waals surface area (Å²) < 4.78 is 0. The number of rotatable bonds is 4. The van der Waals surface area contributed by atoms with Crippen molar-refractivity contribution < 1.29 is 5.11 Å². The molecule has 0 radical (unpaired) electrons. The lowest BCUT2D eigenvalue weighted by atomic mass is 9.64. The molecule has 2 saturated carbocycles. The number of nitrogens with two attached hydrogens (primary N) is 1. The SMILES string of the molecule is CCC1CCC(CN)(C2(O)CCCC2CC)C1. The number of aliphatic hydroxyl groups is 1. The van der Waals surface area contributed by atoms with Crippen LogP contribution in [0.1, 0.15) is 65.2 Å². The van der Waals surface area contributed by atoms with Gasteiger partial charge in [-0.2, -0.15) is 0 Å². The third kappa shape index (κ3) is 1.94. The summed E-state index contributed by atoms with van der Waals surface area (Å²) in [5.74, 6) is 1.28. The minimum atomic E-state index is -0.458. The first kappa shape index (κ1) is 13.4. The van der Waals surface area contributed by atoms with Gasteiger partial charge < -0.3 is 10.8 Å². The second kappa shape index (κ2) is 4.89. The normalized spacial score (nSPS) is 46.6. The molecular formula is C15H29NO. The molecule has 0 heterocycles. The van der Waals surface area contributed by atoms with Crippen LogP contribution >= 0.6 is 0 Å². The molecule has 0 saturated heterocycles. The van der Waals surface area contributed by atoms with E-state index in [4.69, 9.17) is 5.73 Å². The topological polar surface area (TPSA) is 46.2 Å². The molecule has 0 aromatic carbocycles. The fourth-order valence-electron chi connectivity index (χ4n) is 4.64. The van der Waals surface area contributed by atoms with E-state index in [1.165, 1.54) is 25.7 Å². The van der Waals surface area contributed by atoms with Crippen molar-refractivity contribution >= 4 is 0 Å². The molecule has 4 atom stereocenters. The third-order valence-corrected chi connectivity index (χ3v) is 5.88. The maximum Gasteiger partial charge on any atom is 0.0743 e. The van der Waals surface area contributed by atoms with Gasteiger partial charge in [0.05, 0.1) is 5.60 Å². The molecule has 17 heavy (non-hydrogen) atoms. The Balaban J connectivity index is 2.23. The van der Waals surface area contributed by atoms with Crippen LogP contribution in [0, 0.1) is 17.3 Å². The van der Waals surface area contributed by atoms with Crippen LogP contribution in [-0.4, -0.2) is 17.3 Å². The van der Waals surface area contributed by atoms with Crippen molar-refractivity contribution in [2.45, 2.75) is 70.8 Å². The second-order valence-electron chi connectivity index (χ2n) is 6.42. The standard InChI is InChI=1S/C15H29NO/c1-3-12-7-9-14(10-12,11-16)15(17)8-5-6-13(15)4-2/h12-13,17H,3-11,16H2,1-2H3. The van der Waals surface area contributed by atoms with E-state index in [1.807, 2.05) is 0 Å². The fourth-order valence-corrected chi connectivity index (χ4v) is 4.64. The maximum atomic E-state index is 11.2. The Morgan fingerprint density at radius 1 is 1.18 bits per heavy atom. The van der Waals surface area contributed by atoms with E-state index in [0.717, 1.165) is 31.6 Å². The van der Waals surface area contributed by atoms with Crippen LogP contribution in [0.15, 0.2) is 0 Å². The maximum absolute atomic E-state index is 11.2. The molecule has 0 aromatic rings. The molecule has 100 valence electrons. The zero-order chi connectivity index (χ0) is 12.5. The average Bonchev–Trinajstić information content (AvgIpc) is 2.94. The molecule has 0 amide bonds. The summed E-state index contributed by atoms with van der Waals surface area (Å²) >= 11 is 0. The molecular weight excluding hydrogens is 210 g/mol. The minimum absolute atomic E-state index is 0.0326. The van der Waals surface area contributed by atoms with E-state index in [2.05, 4.69) is 13.8 Å². The monoisotopic (exact) mass is 239 g/mol. The third-order valence-electron chi connectivity index (χ3n) is 5.88. The predicted molar refractivity (Wildman–Crippen MR) is 71.7 cm³/mol. The highest BCUT2D eigenvalue weighted by molar-refractivity contribution is 5.09. The van der Waals surface area contributed by atoms with Crippen molar-refractivity contribution in [3.8, 4) is 0 Å². The highest BCUT2D eigenvalue weighted by Gasteiger charge is 2.57. The van der Waals surface area contributed by atoms with Crippen LogP contribution in [-0.2, 0) is 0 Å². The first-order chi connectivity index (χ1) is 8.12.